The first-order valence-corrected chi connectivity index (χ1v) is 10.5. The maximum atomic E-state index is 14.3. The number of hydrogen-bond donors (Lipinski definition) is 3. The molecular formula is C22H19ClF3N7O. The van der Waals surface area contributed by atoms with Crippen LogP contribution in [0.15, 0.2) is 47.4 Å². The molecule has 4 rings (SSSR count). The molecule has 0 amide bonds. The summed E-state index contributed by atoms with van der Waals surface area (Å²) in [6.07, 6.45) is -1.49. The van der Waals surface area contributed by atoms with Crippen molar-refractivity contribution in [3.8, 4) is 5.69 Å². The first-order chi connectivity index (χ1) is 16.2. The van der Waals surface area contributed by atoms with Crippen molar-refractivity contribution in [2.24, 2.45) is 5.73 Å². The molecule has 2 heterocycles. The standard InChI is InChI=1S/C22H19ClF3N7O/c1-10(30-19-12(8-27)9-29-22(28)32-19)20-31-16-4-2-3-15(23)17(16)21(34)33(20)14-6-11(18(25)26)5-13(24)7-14/h2-7,9-10,18H,8,27H2,1H3,(H3,28,29,30,32). The van der Waals surface area contributed by atoms with Crippen molar-refractivity contribution >= 4 is 34.3 Å². The summed E-state index contributed by atoms with van der Waals surface area (Å²) in [6.45, 7) is 1.77. The molecule has 2 aromatic carbocycles. The van der Waals surface area contributed by atoms with Gasteiger partial charge in [0.05, 0.1) is 27.7 Å². The quantitative estimate of drug-likeness (QED) is 0.372. The molecule has 34 heavy (non-hydrogen) atoms. The fraction of sp³-hybridized carbons (Fsp3) is 0.182. The first-order valence-electron chi connectivity index (χ1n) is 10.1. The zero-order valence-corrected chi connectivity index (χ0v) is 18.5. The van der Waals surface area contributed by atoms with E-state index in [0.717, 1.165) is 16.7 Å². The molecule has 0 saturated heterocycles. The monoisotopic (exact) mass is 489 g/mol. The van der Waals surface area contributed by atoms with Crippen LogP contribution in [-0.4, -0.2) is 19.5 Å². The zero-order chi connectivity index (χ0) is 24.6. The highest BCUT2D eigenvalue weighted by molar-refractivity contribution is 6.35. The van der Waals surface area contributed by atoms with Gasteiger partial charge in [0.1, 0.15) is 17.5 Å². The van der Waals surface area contributed by atoms with Crippen LogP contribution in [0.4, 0.5) is 24.9 Å². The van der Waals surface area contributed by atoms with Crippen LogP contribution in [0.5, 0.6) is 0 Å². The van der Waals surface area contributed by atoms with Gasteiger partial charge in [-0.2, -0.15) is 4.98 Å². The smallest absolute Gasteiger partial charge is 0.267 e. The van der Waals surface area contributed by atoms with E-state index in [0.29, 0.717) is 17.4 Å². The van der Waals surface area contributed by atoms with E-state index in [1.165, 1.54) is 12.3 Å². The lowest BCUT2D eigenvalue weighted by Crippen LogP contribution is -2.28. The molecule has 1 unspecified atom stereocenters. The molecule has 176 valence electrons. The fourth-order valence-corrected chi connectivity index (χ4v) is 3.81. The Hall–Kier alpha value is -3.70. The van der Waals surface area contributed by atoms with Crippen LogP contribution in [-0.2, 0) is 6.54 Å². The Labute approximate surface area is 196 Å². The van der Waals surface area contributed by atoms with Crippen molar-refractivity contribution < 1.29 is 13.2 Å². The van der Waals surface area contributed by atoms with Crippen LogP contribution in [0.25, 0.3) is 16.6 Å². The number of halogens is 4. The van der Waals surface area contributed by atoms with Crippen LogP contribution in [0, 0.1) is 5.82 Å². The van der Waals surface area contributed by atoms with E-state index in [2.05, 4.69) is 20.3 Å². The van der Waals surface area contributed by atoms with Gasteiger partial charge in [-0.3, -0.25) is 9.36 Å². The third kappa shape index (κ3) is 4.39. The number of nitrogens with one attached hydrogen (secondary N) is 1. The molecule has 5 N–H and O–H groups in total. The molecule has 0 bridgehead atoms. The molecule has 0 saturated carbocycles. The molecule has 2 aromatic heterocycles. The molecule has 0 spiro atoms. The van der Waals surface area contributed by atoms with Crippen LogP contribution in [0.2, 0.25) is 5.02 Å². The minimum absolute atomic E-state index is 0.00533. The average Bonchev–Trinajstić information content (AvgIpc) is 2.78. The van der Waals surface area contributed by atoms with Gasteiger partial charge in [0, 0.05) is 23.9 Å². The van der Waals surface area contributed by atoms with Gasteiger partial charge in [0.15, 0.2) is 0 Å². The predicted octanol–water partition coefficient (Wildman–Crippen LogP) is 4.12. The number of anilines is 2. The number of nitrogens with two attached hydrogens (primary N) is 2. The molecule has 1 atom stereocenters. The van der Waals surface area contributed by atoms with Gasteiger partial charge in [0.25, 0.3) is 12.0 Å². The maximum Gasteiger partial charge on any atom is 0.267 e. The number of aromatic nitrogens is 4. The van der Waals surface area contributed by atoms with Gasteiger partial charge in [-0.15, -0.1) is 0 Å². The lowest BCUT2D eigenvalue weighted by molar-refractivity contribution is 0.151. The summed E-state index contributed by atoms with van der Waals surface area (Å²) >= 11 is 6.25. The highest BCUT2D eigenvalue weighted by atomic mass is 35.5. The largest absolute Gasteiger partial charge is 0.368 e. The minimum Gasteiger partial charge on any atom is -0.368 e. The summed E-state index contributed by atoms with van der Waals surface area (Å²) in [5.74, 6) is -0.526. The van der Waals surface area contributed by atoms with E-state index in [4.69, 9.17) is 23.1 Å². The molecule has 0 aliphatic rings. The van der Waals surface area contributed by atoms with Crippen LogP contribution in [0.1, 0.15) is 36.3 Å². The van der Waals surface area contributed by atoms with E-state index in [9.17, 15) is 18.0 Å². The summed E-state index contributed by atoms with van der Waals surface area (Å²) in [5.41, 5.74) is 10.9. The molecule has 4 aromatic rings. The van der Waals surface area contributed by atoms with Crippen molar-refractivity contribution in [3.63, 3.8) is 0 Å². The van der Waals surface area contributed by atoms with Gasteiger partial charge >= 0.3 is 0 Å². The third-order valence-electron chi connectivity index (χ3n) is 5.13. The Kier molecular flexibility index (Phi) is 6.40. The number of nitrogen functional groups attached to an aromatic ring is 1. The van der Waals surface area contributed by atoms with Gasteiger partial charge in [0.2, 0.25) is 5.95 Å². The fourth-order valence-electron chi connectivity index (χ4n) is 3.56. The second-order valence-corrected chi connectivity index (χ2v) is 7.87. The Morgan fingerprint density at radius 2 is 1.97 bits per heavy atom. The summed E-state index contributed by atoms with van der Waals surface area (Å²) in [5, 5.41) is 3.27. The molecule has 12 heteroatoms. The summed E-state index contributed by atoms with van der Waals surface area (Å²) < 4.78 is 42.1. The minimum atomic E-state index is -2.95. The second-order valence-electron chi connectivity index (χ2n) is 7.46. The summed E-state index contributed by atoms with van der Waals surface area (Å²) in [4.78, 5) is 26.1. The van der Waals surface area contributed by atoms with Crippen molar-refractivity contribution in [2.45, 2.75) is 25.9 Å². The van der Waals surface area contributed by atoms with Crippen LogP contribution in [0.3, 0.4) is 0 Å². The number of rotatable bonds is 6. The number of benzene rings is 2. The van der Waals surface area contributed by atoms with Crippen molar-refractivity contribution in [1.29, 1.82) is 0 Å². The van der Waals surface area contributed by atoms with Crippen LogP contribution >= 0.6 is 11.6 Å². The van der Waals surface area contributed by atoms with Gasteiger partial charge in [-0.25, -0.2) is 23.1 Å². The summed E-state index contributed by atoms with van der Waals surface area (Å²) in [6, 6.07) is 6.70. The van der Waals surface area contributed by atoms with Gasteiger partial charge in [-0.05, 0) is 37.3 Å². The number of hydrogen-bond acceptors (Lipinski definition) is 7. The van der Waals surface area contributed by atoms with Crippen molar-refractivity contribution in [2.75, 3.05) is 11.1 Å². The Morgan fingerprint density at radius 1 is 1.21 bits per heavy atom. The van der Waals surface area contributed by atoms with E-state index >= 15 is 0 Å². The Balaban J connectivity index is 1.97. The topological polar surface area (TPSA) is 125 Å². The second kappa shape index (κ2) is 9.27. The number of alkyl halides is 2. The summed E-state index contributed by atoms with van der Waals surface area (Å²) in [7, 11) is 0. The molecule has 8 nitrogen and oxygen atoms in total. The normalized spacial score (nSPS) is 12.3. The van der Waals surface area contributed by atoms with E-state index in [-0.39, 0.29) is 39.9 Å². The number of fused-ring (bicyclic) bond motifs is 1. The van der Waals surface area contributed by atoms with Gasteiger partial charge in [-0.1, -0.05) is 17.7 Å². The van der Waals surface area contributed by atoms with E-state index in [1.807, 2.05) is 0 Å². The molecule has 0 radical (unpaired) electrons. The Bertz CT molecular complexity index is 1440. The highest BCUT2D eigenvalue weighted by Crippen LogP contribution is 2.28. The third-order valence-corrected chi connectivity index (χ3v) is 5.45. The molecular weight excluding hydrogens is 471 g/mol. The van der Waals surface area contributed by atoms with Crippen LogP contribution < -0.4 is 22.3 Å². The predicted molar refractivity (Wildman–Crippen MR) is 124 cm³/mol. The molecule has 0 aliphatic heterocycles. The van der Waals surface area contributed by atoms with Crippen molar-refractivity contribution in [1.82, 2.24) is 19.5 Å². The lowest BCUT2D eigenvalue weighted by Gasteiger charge is -2.21. The van der Waals surface area contributed by atoms with E-state index < -0.39 is 29.4 Å². The SMILES string of the molecule is CC(Nc1nc(N)ncc1CN)c1nc2cccc(Cl)c2c(=O)n1-c1cc(F)cc(C(F)F)c1. The lowest BCUT2D eigenvalue weighted by atomic mass is 10.1. The Morgan fingerprint density at radius 3 is 2.68 bits per heavy atom. The maximum absolute atomic E-state index is 14.3. The van der Waals surface area contributed by atoms with Gasteiger partial charge < -0.3 is 16.8 Å². The van der Waals surface area contributed by atoms with E-state index in [1.54, 1.807) is 19.1 Å². The number of nitrogens with zero attached hydrogens (tertiary/aromatic N) is 4. The van der Waals surface area contributed by atoms with Crippen molar-refractivity contribution in [3.05, 3.63) is 80.7 Å². The zero-order valence-electron chi connectivity index (χ0n) is 17.8. The average molecular weight is 490 g/mol. The molecule has 0 aliphatic carbocycles. The first kappa shape index (κ1) is 23.5. The molecule has 0 fully saturated rings. The highest BCUT2D eigenvalue weighted by Gasteiger charge is 2.22.